The van der Waals surface area contributed by atoms with E-state index in [0.717, 1.165) is 24.0 Å². The number of hydrogen-bond donors (Lipinski definition) is 3. The average Bonchev–Trinajstić information content (AvgIpc) is 2.66. The summed E-state index contributed by atoms with van der Waals surface area (Å²) in [5.74, 6) is 5.54. The number of aldehydes is 1. The van der Waals surface area contributed by atoms with Gasteiger partial charge in [0.2, 0.25) is 5.95 Å². The molecule has 26 heavy (non-hydrogen) atoms. The molecule has 0 saturated carbocycles. The first-order chi connectivity index (χ1) is 12.4. The predicted octanol–water partition coefficient (Wildman–Crippen LogP) is 1.79. The van der Waals surface area contributed by atoms with Gasteiger partial charge in [-0.25, -0.2) is 10.8 Å². The molecule has 1 amide bonds. The largest absolute Gasteiger partial charge is 0.365 e. The Labute approximate surface area is 152 Å². The maximum Gasteiger partial charge on any atom is 0.254 e. The number of nitrogens with zero attached hydrogens (tertiary/aromatic N) is 3. The van der Waals surface area contributed by atoms with Crippen LogP contribution in [0.3, 0.4) is 0 Å². The smallest absolute Gasteiger partial charge is 0.254 e. The molecule has 0 aliphatic heterocycles. The normalized spacial score (nSPS) is 12.9. The SMILES string of the molecule is CCc1cccc(Nc2nc(N(N)[C@H](C)C(C)C=O)ncc2C(N)=O)c1. The number of aromatic nitrogens is 2. The number of carbonyl (C=O) groups is 2. The lowest BCUT2D eigenvalue weighted by Gasteiger charge is -2.26. The zero-order chi connectivity index (χ0) is 19.3. The summed E-state index contributed by atoms with van der Waals surface area (Å²) in [5.41, 5.74) is 7.49. The van der Waals surface area contributed by atoms with Gasteiger partial charge in [0.05, 0.1) is 6.04 Å². The van der Waals surface area contributed by atoms with Crippen molar-refractivity contribution < 1.29 is 9.59 Å². The highest BCUT2D eigenvalue weighted by Gasteiger charge is 2.21. The third kappa shape index (κ3) is 4.34. The molecule has 0 aliphatic carbocycles. The molecule has 0 aliphatic rings. The van der Waals surface area contributed by atoms with Gasteiger partial charge in [0.25, 0.3) is 5.91 Å². The number of primary amides is 1. The average molecular weight is 356 g/mol. The molecule has 0 spiro atoms. The summed E-state index contributed by atoms with van der Waals surface area (Å²) in [6.45, 7) is 5.60. The minimum absolute atomic E-state index is 0.153. The second-order valence-electron chi connectivity index (χ2n) is 6.12. The Balaban J connectivity index is 2.39. The van der Waals surface area contributed by atoms with E-state index in [1.54, 1.807) is 13.8 Å². The number of aryl methyl sites for hydroxylation is 1. The molecule has 2 atom stereocenters. The number of rotatable bonds is 8. The zero-order valence-corrected chi connectivity index (χ0v) is 15.1. The van der Waals surface area contributed by atoms with Crippen LogP contribution in [0.25, 0.3) is 0 Å². The van der Waals surface area contributed by atoms with Gasteiger partial charge in [-0.15, -0.1) is 0 Å². The number of nitrogens with one attached hydrogen (secondary N) is 1. The standard InChI is InChI=1S/C18H24N6O2/c1-4-13-6-5-7-14(8-13)22-17-15(16(19)26)9-21-18(23-17)24(20)12(3)11(2)10-25/h5-12H,4,20H2,1-3H3,(H2,19,26)(H,21,22,23)/t11?,12-/m1/s1. The van der Waals surface area contributed by atoms with E-state index in [0.29, 0.717) is 0 Å². The van der Waals surface area contributed by atoms with Crippen LogP contribution in [-0.2, 0) is 11.2 Å². The van der Waals surface area contributed by atoms with Crippen LogP contribution in [0.1, 0.15) is 36.7 Å². The van der Waals surface area contributed by atoms with Crippen LogP contribution < -0.4 is 21.9 Å². The number of hydrogen-bond acceptors (Lipinski definition) is 7. The van der Waals surface area contributed by atoms with Gasteiger partial charge in [-0.1, -0.05) is 26.0 Å². The molecule has 1 unspecified atom stereocenters. The van der Waals surface area contributed by atoms with Crippen molar-refractivity contribution in [1.29, 1.82) is 0 Å². The van der Waals surface area contributed by atoms with Crippen LogP contribution >= 0.6 is 0 Å². The van der Waals surface area contributed by atoms with Crippen LogP contribution in [0.4, 0.5) is 17.5 Å². The number of anilines is 3. The Hall–Kier alpha value is -3.00. The van der Waals surface area contributed by atoms with E-state index in [2.05, 4.69) is 22.2 Å². The maximum atomic E-state index is 11.7. The second-order valence-corrected chi connectivity index (χ2v) is 6.12. The van der Waals surface area contributed by atoms with E-state index in [4.69, 9.17) is 11.6 Å². The van der Waals surface area contributed by atoms with Gasteiger partial charge in [-0.05, 0) is 31.0 Å². The fourth-order valence-electron chi connectivity index (χ4n) is 2.33. The summed E-state index contributed by atoms with van der Waals surface area (Å²) >= 11 is 0. The second kappa shape index (κ2) is 8.39. The molecule has 0 fully saturated rings. The first-order valence-electron chi connectivity index (χ1n) is 8.39. The number of nitrogens with two attached hydrogens (primary N) is 2. The minimum atomic E-state index is -0.649. The van der Waals surface area contributed by atoms with E-state index < -0.39 is 5.91 Å². The molecule has 1 heterocycles. The molecule has 5 N–H and O–H groups in total. The summed E-state index contributed by atoms with van der Waals surface area (Å²) in [7, 11) is 0. The van der Waals surface area contributed by atoms with Crippen molar-refractivity contribution in [2.45, 2.75) is 33.2 Å². The van der Waals surface area contributed by atoms with Crippen molar-refractivity contribution in [3.8, 4) is 0 Å². The summed E-state index contributed by atoms with van der Waals surface area (Å²) in [6.07, 6.45) is 3.03. The van der Waals surface area contributed by atoms with Crippen molar-refractivity contribution >= 4 is 29.6 Å². The highest BCUT2D eigenvalue weighted by molar-refractivity contribution is 5.98. The summed E-state index contributed by atoms with van der Waals surface area (Å²) in [4.78, 5) is 31.2. The third-order valence-corrected chi connectivity index (χ3v) is 4.28. The molecule has 1 aromatic heterocycles. The molecular weight excluding hydrogens is 332 g/mol. The molecule has 0 radical (unpaired) electrons. The van der Waals surface area contributed by atoms with Gasteiger partial charge in [0, 0.05) is 17.8 Å². The third-order valence-electron chi connectivity index (χ3n) is 4.28. The Morgan fingerprint density at radius 3 is 2.73 bits per heavy atom. The Kier molecular flexibility index (Phi) is 6.24. The first kappa shape index (κ1) is 19.3. The van der Waals surface area contributed by atoms with E-state index >= 15 is 0 Å². The summed E-state index contributed by atoms with van der Waals surface area (Å²) in [5, 5.41) is 4.41. The topological polar surface area (TPSA) is 127 Å². The molecule has 1 aromatic carbocycles. The van der Waals surface area contributed by atoms with Crippen molar-refractivity contribution in [3.05, 3.63) is 41.6 Å². The lowest BCUT2D eigenvalue weighted by Crippen LogP contribution is -2.44. The van der Waals surface area contributed by atoms with Crippen LogP contribution in [0, 0.1) is 5.92 Å². The number of amides is 1. The number of benzene rings is 1. The van der Waals surface area contributed by atoms with Crippen molar-refractivity contribution in [1.82, 2.24) is 9.97 Å². The number of hydrazine groups is 1. The van der Waals surface area contributed by atoms with Crippen molar-refractivity contribution in [3.63, 3.8) is 0 Å². The summed E-state index contributed by atoms with van der Waals surface area (Å²) < 4.78 is 0. The van der Waals surface area contributed by atoms with Crippen LogP contribution in [-0.4, -0.2) is 28.2 Å². The van der Waals surface area contributed by atoms with E-state index in [-0.39, 0.29) is 29.3 Å². The summed E-state index contributed by atoms with van der Waals surface area (Å²) in [6, 6.07) is 7.43. The van der Waals surface area contributed by atoms with Gasteiger partial charge < -0.3 is 15.8 Å². The van der Waals surface area contributed by atoms with Crippen molar-refractivity contribution in [2.75, 3.05) is 10.3 Å². The lowest BCUT2D eigenvalue weighted by molar-refractivity contribution is -0.111. The van der Waals surface area contributed by atoms with Gasteiger partial charge in [-0.2, -0.15) is 4.98 Å². The van der Waals surface area contributed by atoms with Gasteiger partial charge >= 0.3 is 0 Å². The molecule has 2 aromatic rings. The Morgan fingerprint density at radius 2 is 2.12 bits per heavy atom. The Morgan fingerprint density at radius 1 is 1.38 bits per heavy atom. The lowest BCUT2D eigenvalue weighted by atomic mass is 10.1. The molecule has 0 bridgehead atoms. The quantitative estimate of drug-likeness (QED) is 0.374. The fourth-order valence-corrected chi connectivity index (χ4v) is 2.33. The van der Waals surface area contributed by atoms with Gasteiger partial charge in [0.1, 0.15) is 17.7 Å². The van der Waals surface area contributed by atoms with Gasteiger partial charge in [-0.3, -0.25) is 9.80 Å². The van der Waals surface area contributed by atoms with Gasteiger partial charge in [0.15, 0.2) is 0 Å². The number of carbonyl (C=O) groups excluding carboxylic acids is 2. The monoisotopic (exact) mass is 356 g/mol. The molecule has 138 valence electrons. The fraction of sp³-hybridized carbons (Fsp3) is 0.333. The highest BCUT2D eigenvalue weighted by Crippen LogP contribution is 2.22. The Bertz CT molecular complexity index is 795. The molecular formula is C18H24N6O2. The van der Waals surface area contributed by atoms with Crippen molar-refractivity contribution in [2.24, 2.45) is 17.5 Å². The van der Waals surface area contributed by atoms with E-state index in [1.807, 2.05) is 24.3 Å². The van der Waals surface area contributed by atoms with E-state index in [1.165, 1.54) is 11.2 Å². The molecule has 8 heteroatoms. The zero-order valence-electron chi connectivity index (χ0n) is 15.1. The van der Waals surface area contributed by atoms with Crippen LogP contribution in [0.5, 0.6) is 0 Å². The van der Waals surface area contributed by atoms with E-state index in [9.17, 15) is 9.59 Å². The molecule has 2 rings (SSSR count). The van der Waals surface area contributed by atoms with Crippen LogP contribution in [0.2, 0.25) is 0 Å². The van der Waals surface area contributed by atoms with Crippen LogP contribution in [0.15, 0.2) is 30.5 Å². The minimum Gasteiger partial charge on any atom is -0.365 e. The first-order valence-corrected chi connectivity index (χ1v) is 8.39. The molecule has 8 nitrogen and oxygen atoms in total. The molecule has 0 saturated heterocycles. The maximum absolute atomic E-state index is 11.7. The highest BCUT2D eigenvalue weighted by atomic mass is 16.1. The predicted molar refractivity (Wildman–Crippen MR) is 101 cm³/mol.